The maximum atomic E-state index is 16.3. The molecule has 2 fully saturated rings. The number of carbonyl (C=O) groups is 8. The monoisotopic (exact) mass is 1140 g/mol. The topological polar surface area (TPSA) is 257 Å². The zero-order valence-corrected chi connectivity index (χ0v) is 46.5. The summed E-state index contributed by atoms with van der Waals surface area (Å²) in [6.07, 6.45) is 4.89. The van der Waals surface area contributed by atoms with E-state index in [4.69, 9.17) is 20.2 Å². The number of halogens is 3. The van der Waals surface area contributed by atoms with Crippen LogP contribution in [-0.2, 0) is 51.4 Å². The summed E-state index contributed by atoms with van der Waals surface area (Å²) in [6.45, 7) is 6.04. The second-order valence-electron chi connectivity index (χ2n) is 21.2. The molecule has 5 atom stereocenters. The molecule has 7 rings (SSSR count). The number of carbonyl (C=O) groups excluding carboxylic acids is 8. The molecule has 2 saturated heterocycles. The van der Waals surface area contributed by atoms with Crippen molar-refractivity contribution in [2.45, 2.75) is 116 Å². The average molecular weight is 1140 g/mol. The summed E-state index contributed by atoms with van der Waals surface area (Å²) in [5, 5.41) is 10.7. The summed E-state index contributed by atoms with van der Waals surface area (Å²) >= 11 is 0. The van der Waals surface area contributed by atoms with Crippen LogP contribution in [0.4, 0.5) is 28.4 Å². The van der Waals surface area contributed by atoms with E-state index in [1.807, 2.05) is 34.9 Å². The summed E-state index contributed by atoms with van der Waals surface area (Å²) in [5.41, 5.74) is 7.13. The third-order valence-corrected chi connectivity index (χ3v) is 14.8. The molecule has 3 aliphatic heterocycles. The molecule has 0 saturated carbocycles. The molecule has 4 heterocycles. The van der Waals surface area contributed by atoms with E-state index in [1.165, 1.54) is 17.1 Å². The van der Waals surface area contributed by atoms with Gasteiger partial charge in [0, 0.05) is 94.3 Å². The van der Waals surface area contributed by atoms with Crippen molar-refractivity contribution in [3.63, 3.8) is 0 Å². The van der Waals surface area contributed by atoms with Crippen molar-refractivity contribution in [2.75, 3.05) is 51.3 Å². The normalized spacial score (nSPS) is 17.4. The number of nitrogens with two attached hydrogens (primary N) is 1. The fourth-order valence-electron chi connectivity index (χ4n) is 10.4. The number of nitrogens with one attached hydrogen (secondary N) is 4. The molecule has 4 aromatic rings. The Balaban J connectivity index is 0.965. The van der Waals surface area contributed by atoms with Gasteiger partial charge in [0.15, 0.2) is 0 Å². The van der Waals surface area contributed by atoms with Gasteiger partial charge >= 0.3 is 12.1 Å². The van der Waals surface area contributed by atoms with E-state index in [0.29, 0.717) is 68.9 Å². The van der Waals surface area contributed by atoms with E-state index in [1.54, 1.807) is 56.1 Å². The Morgan fingerprint density at radius 1 is 0.866 bits per heavy atom. The van der Waals surface area contributed by atoms with E-state index < -0.39 is 65.8 Å². The number of imidazole rings is 1. The van der Waals surface area contributed by atoms with E-state index in [-0.39, 0.29) is 112 Å². The number of hydrogen-bond acceptors (Lipinski definition) is 11. The number of ether oxygens (including phenoxy) is 2. The third kappa shape index (κ3) is 17.0. The first kappa shape index (κ1) is 61.5. The number of unbranched alkanes of at least 4 members (excludes halogenated alkanes) is 2. The second-order valence-corrected chi connectivity index (χ2v) is 21.2. The van der Waals surface area contributed by atoms with Gasteiger partial charge in [0.2, 0.25) is 23.6 Å². The minimum Gasteiger partial charge on any atom is -0.445 e. The highest BCUT2D eigenvalue weighted by molar-refractivity contribution is 6.12. The lowest BCUT2D eigenvalue weighted by atomic mass is 9.88. The van der Waals surface area contributed by atoms with E-state index >= 15 is 8.78 Å². The lowest BCUT2D eigenvalue weighted by Crippen LogP contribution is -2.54. The minimum absolute atomic E-state index is 0.0459. The Morgan fingerprint density at radius 2 is 1.59 bits per heavy atom. The quantitative estimate of drug-likeness (QED) is 0.0311. The molecule has 3 aliphatic rings. The highest BCUT2D eigenvalue weighted by Gasteiger charge is 2.43. The smallest absolute Gasteiger partial charge is 0.410 e. The number of rotatable bonds is 27. The Kier molecular flexibility index (Phi) is 22.2. The maximum Gasteiger partial charge on any atom is 0.410 e. The number of alkyl halides is 1. The zero-order valence-electron chi connectivity index (χ0n) is 46.5. The van der Waals surface area contributed by atoms with Crippen LogP contribution in [0.15, 0.2) is 91.1 Å². The van der Waals surface area contributed by atoms with Gasteiger partial charge in [0.1, 0.15) is 42.3 Å². The van der Waals surface area contributed by atoms with Gasteiger partial charge in [-0.3, -0.25) is 33.7 Å². The number of urea groups is 1. The number of amides is 9. The van der Waals surface area contributed by atoms with E-state index in [0.717, 1.165) is 28.7 Å². The molecule has 4 unspecified atom stereocenters. The van der Waals surface area contributed by atoms with E-state index in [2.05, 4.69) is 21.3 Å². The van der Waals surface area contributed by atoms with Crippen molar-refractivity contribution >= 4 is 53.3 Å². The van der Waals surface area contributed by atoms with E-state index in [9.17, 15) is 42.7 Å². The number of anilines is 1. The summed E-state index contributed by atoms with van der Waals surface area (Å²) in [7, 11) is 0. The first-order chi connectivity index (χ1) is 39.4. The van der Waals surface area contributed by atoms with Crippen LogP contribution in [-0.4, -0.2) is 136 Å². The lowest BCUT2D eigenvalue weighted by Gasteiger charge is -2.40. The molecule has 0 spiro atoms. The van der Waals surface area contributed by atoms with Gasteiger partial charge < -0.3 is 50.8 Å². The van der Waals surface area contributed by atoms with Gasteiger partial charge in [-0.05, 0) is 91.8 Å². The largest absolute Gasteiger partial charge is 0.445 e. The van der Waals surface area contributed by atoms with Gasteiger partial charge in [0.25, 0.3) is 11.8 Å². The number of imide groups is 1. The van der Waals surface area contributed by atoms with Crippen LogP contribution < -0.4 is 27.0 Å². The molecule has 23 heteroatoms. The van der Waals surface area contributed by atoms with Gasteiger partial charge in [-0.15, -0.1) is 0 Å². The first-order valence-corrected chi connectivity index (χ1v) is 27.9. The number of likely N-dealkylation sites (tertiary alicyclic amines) is 1. The molecule has 9 amide bonds. The van der Waals surface area contributed by atoms with Crippen molar-refractivity contribution in [1.82, 2.24) is 40.2 Å². The molecule has 0 radical (unpaired) electrons. The number of primary amides is 1. The van der Waals surface area contributed by atoms with Crippen LogP contribution in [0.1, 0.15) is 102 Å². The van der Waals surface area contributed by atoms with Gasteiger partial charge in [0.05, 0.1) is 18.3 Å². The Hall–Kier alpha value is -8.08. The second kappa shape index (κ2) is 29.6. The van der Waals surface area contributed by atoms with Crippen LogP contribution in [0.3, 0.4) is 0 Å². The van der Waals surface area contributed by atoms with Crippen LogP contribution in [0.2, 0.25) is 0 Å². The predicted molar refractivity (Wildman–Crippen MR) is 296 cm³/mol. The Morgan fingerprint density at radius 3 is 2.27 bits per heavy atom. The molecular formula is C59H73F3N10O10. The lowest BCUT2D eigenvalue weighted by molar-refractivity contribution is -0.138. The van der Waals surface area contributed by atoms with Crippen molar-refractivity contribution < 1.29 is 61.0 Å². The fourth-order valence-corrected chi connectivity index (χ4v) is 10.4. The molecule has 1 aromatic heterocycles. The zero-order chi connectivity index (χ0) is 58.9. The molecule has 6 N–H and O–H groups in total. The molecule has 20 nitrogen and oxygen atoms in total. The van der Waals surface area contributed by atoms with Crippen molar-refractivity contribution in [3.8, 4) is 11.3 Å². The average Bonchev–Trinajstić information content (AvgIpc) is 4.34. The summed E-state index contributed by atoms with van der Waals surface area (Å²) in [5.74, 6) is -4.87. The number of hydrogen-bond donors (Lipinski definition) is 5. The molecule has 0 aliphatic carbocycles. The van der Waals surface area contributed by atoms with Gasteiger partial charge in [-0.25, -0.2) is 27.7 Å². The van der Waals surface area contributed by atoms with Gasteiger partial charge in [-0.1, -0.05) is 69.7 Å². The van der Waals surface area contributed by atoms with Crippen molar-refractivity contribution in [1.29, 1.82) is 0 Å². The van der Waals surface area contributed by atoms with Crippen LogP contribution in [0.5, 0.6) is 0 Å². The first-order valence-electron chi connectivity index (χ1n) is 27.9. The number of nitrogens with zero attached hydrogens (tertiary/aromatic N) is 5. The Bertz CT molecular complexity index is 2900. The highest BCUT2D eigenvalue weighted by atomic mass is 19.1. The standard InChI is InChI=1S/C59H73F3N10O10/c1-4-50(74)72(54(40-24-28-81-29-25-40)55-66-48(44-30-42(60)18-21-45(44)61)35-69(55)31-38-12-7-5-8-13-38)33-41-32-70(34-46(41)62)59(80)82-36-39-16-19-43(20-17-39)65-56(77)47(14-11-26-64-58(63)79)67-57(78)53(37(2)3)68-49(73)15-9-6-10-27-71-51(75)22-23-52(71)76/h5,7-8,12-13,16-23,30,35,37,40-41,46-47,53-54H,4,6,9-11,14-15,24-29,31-34,36H2,1-3H3,(H,65,77)(H,67,78)(H,68,73)(H3,63,64,79)/t41?,46?,47-,53?,54?/m0/s1. The maximum absolute atomic E-state index is 16.3. The number of benzene rings is 3. The van der Waals surface area contributed by atoms with Crippen LogP contribution in [0.25, 0.3) is 11.3 Å². The SMILES string of the molecule is CCC(=O)N(CC1CN(C(=O)OCc2ccc(NC(=O)[C@H](CCCNC(N)=O)NC(=O)C(NC(=O)CCCCCN3C(=O)C=CC3=O)C(C)C)cc2)CC1F)C(c1nc(-c2cc(F)ccc2F)cn1Cc1ccccc1)C1CCOCC1. The van der Waals surface area contributed by atoms with Crippen LogP contribution in [0, 0.1) is 29.4 Å². The van der Waals surface area contributed by atoms with Crippen molar-refractivity contribution in [2.24, 2.45) is 23.5 Å². The van der Waals surface area contributed by atoms with Crippen LogP contribution >= 0.6 is 0 Å². The highest BCUT2D eigenvalue weighted by Crippen LogP contribution is 2.39. The molecule has 3 aromatic carbocycles. The van der Waals surface area contributed by atoms with Gasteiger partial charge in [-0.2, -0.15) is 0 Å². The summed E-state index contributed by atoms with van der Waals surface area (Å²) in [6, 6.07) is 15.4. The summed E-state index contributed by atoms with van der Waals surface area (Å²) < 4.78 is 59.5. The molecule has 440 valence electrons. The molecular weight excluding hydrogens is 1070 g/mol. The van der Waals surface area contributed by atoms with Crippen molar-refractivity contribution in [3.05, 3.63) is 120 Å². The number of aromatic nitrogens is 2. The molecule has 0 bridgehead atoms. The minimum atomic E-state index is -1.53. The predicted octanol–water partition coefficient (Wildman–Crippen LogP) is 6.69. The Labute approximate surface area is 474 Å². The third-order valence-electron chi connectivity index (χ3n) is 14.8. The fraction of sp³-hybridized carbons (Fsp3) is 0.475. The molecule has 82 heavy (non-hydrogen) atoms. The summed E-state index contributed by atoms with van der Waals surface area (Å²) in [4.78, 5) is 112.